The van der Waals surface area contributed by atoms with Gasteiger partial charge in [0.05, 0.1) is 18.2 Å². The van der Waals surface area contributed by atoms with E-state index in [1.165, 1.54) is 0 Å². The van der Waals surface area contributed by atoms with E-state index < -0.39 is 0 Å². The zero-order chi connectivity index (χ0) is 19.9. The first kappa shape index (κ1) is 18.9. The second kappa shape index (κ2) is 9.14. The number of nitrogens with one attached hydrogen (secondary N) is 2. The van der Waals surface area contributed by atoms with Crippen molar-refractivity contribution >= 4 is 23.6 Å². The maximum absolute atomic E-state index is 12.5. The number of piperidine rings is 1. The lowest BCUT2D eigenvalue weighted by molar-refractivity contribution is -0.127. The maximum Gasteiger partial charge on any atom is 0.246 e. The minimum atomic E-state index is 0.0443. The number of aromatic nitrogens is 4. The Bertz CT molecular complexity index is 954. The van der Waals surface area contributed by atoms with E-state index in [9.17, 15) is 4.79 Å². The van der Waals surface area contributed by atoms with Gasteiger partial charge in [-0.2, -0.15) is 0 Å². The summed E-state index contributed by atoms with van der Waals surface area (Å²) in [7, 11) is 0. The number of carbonyl (C=O) groups excluding carboxylic acids is 1. The second-order valence-corrected chi connectivity index (χ2v) is 7.19. The van der Waals surface area contributed by atoms with Crippen molar-refractivity contribution < 1.29 is 4.79 Å². The molecule has 7 nitrogen and oxygen atoms in total. The molecule has 4 rings (SSSR count). The fourth-order valence-electron chi connectivity index (χ4n) is 3.58. The van der Waals surface area contributed by atoms with Crippen LogP contribution < -0.4 is 5.32 Å². The Morgan fingerprint density at radius 2 is 2.17 bits per heavy atom. The molecule has 148 valence electrons. The van der Waals surface area contributed by atoms with Crippen LogP contribution in [0.3, 0.4) is 0 Å². The number of H-pyrrole nitrogens is 1. The lowest BCUT2D eigenvalue weighted by atomic mass is 9.93. The minimum Gasteiger partial charge on any atom is -0.345 e. The summed E-state index contributed by atoms with van der Waals surface area (Å²) in [4.78, 5) is 30.4. The van der Waals surface area contributed by atoms with Crippen molar-refractivity contribution in [3.63, 3.8) is 0 Å². The normalized spacial score (nSPS) is 16.8. The topological polar surface area (TPSA) is 86.8 Å². The van der Waals surface area contributed by atoms with Gasteiger partial charge in [-0.3, -0.25) is 4.79 Å². The molecule has 0 unspecified atom stereocenters. The van der Waals surface area contributed by atoms with Crippen LogP contribution in [0.25, 0.3) is 6.08 Å². The molecule has 0 radical (unpaired) electrons. The summed E-state index contributed by atoms with van der Waals surface area (Å²) in [6.45, 7) is 1.56. The summed E-state index contributed by atoms with van der Waals surface area (Å²) in [6.07, 6.45) is 11.4. The molecule has 1 atom stereocenters. The molecule has 0 aromatic carbocycles. The number of likely N-dealkylation sites (tertiary alicyclic amines) is 1. The van der Waals surface area contributed by atoms with Gasteiger partial charge in [0.15, 0.2) is 0 Å². The number of aromatic amines is 1. The summed E-state index contributed by atoms with van der Waals surface area (Å²) in [5.41, 5.74) is 1.85. The van der Waals surface area contributed by atoms with E-state index in [2.05, 4.69) is 20.3 Å². The Kier molecular flexibility index (Phi) is 5.95. The first-order valence-corrected chi connectivity index (χ1v) is 9.85. The van der Waals surface area contributed by atoms with Crippen molar-refractivity contribution in [3.8, 4) is 0 Å². The van der Waals surface area contributed by atoms with Crippen LogP contribution in [0, 0.1) is 5.92 Å². The number of hydrogen-bond donors (Lipinski definition) is 2. The van der Waals surface area contributed by atoms with Crippen LogP contribution in [0.15, 0.2) is 61.2 Å². The number of imidazole rings is 1. The van der Waals surface area contributed by atoms with Crippen molar-refractivity contribution in [1.29, 1.82) is 0 Å². The van der Waals surface area contributed by atoms with Crippen LogP contribution in [0.1, 0.15) is 24.2 Å². The van der Waals surface area contributed by atoms with Gasteiger partial charge in [0.25, 0.3) is 0 Å². The highest BCUT2D eigenvalue weighted by atomic mass is 16.2. The van der Waals surface area contributed by atoms with Gasteiger partial charge in [0.2, 0.25) is 5.91 Å². The molecule has 7 heteroatoms. The number of amides is 1. The van der Waals surface area contributed by atoms with E-state index in [4.69, 9.17) is 4.98 Å². The summed E-state index contributed by atoms with van der Waals surface area (Å²) in [5, 5.41) is 3.23. The number of pyridine rings is 2. The van der Waals surface area contributed by atoms with Gasteiger partial charge < -0.3 is 15.2 Å². The first-order chi connectivity index (χ1) is 14.3. The standard InChI is InChI=1S/C22H24N6O/c29-22(10-9-19-14-23-16-25-19)28-12-4-5-17(15-28)13-18-6-3-8-21(26-18)27-20-7-1-2-11-24-20/h1-3,6-11,14,16-17H,4-5,12-13,15H2,(H,23,25)(H,24,26,27)/b10-9+/t17-/m1/s1. The number of anilines is 2. The van der Waals surface area contributed by atoms with Crippen LogP contribution in [0.5, 0.6) is 0 Å². The van der Waals surface area contributed by atoms with Crippen LogP contribution >= 0.6 is 0 Å². The summed E-state index contributed by atoms with van der Waals surface area (Å²) < 4.78 is 0. The third-order valence-electron chi connectivity index (χ3n) is 4.98. The zero-order valence-corrected chi connectivity index (χ0v) is 16.2. The summed E-state index contributed by atoms with van der Waals surface area (Å²) in [5.74, 6) is 2.01. The Labute approximate surface area is 169 Å². The number of hydrogen-bond acceptors (Lipinski definition) is 5. The highest BCUT2D eigenvalue weighted by molar-refractivity contribution is 5.91. The lowest BCUT2D eigenvalue weighted by Gasteiger charge is -2.32. The predicted molar refractivity (Wildman–Crippen MR) is 112 cm³/mol. The van der Waals surface area contributed by atoms with Gasteiger partial charge in [-0.05, 0) is 55.5 Å². The molecule has 4 heterocycles. The van der Waals surface area contributed by atoms with E-state index in [1.807, 2.05) is 41.3 Å². The third kappa shape index (κ3) is 5.28. The SMILES string of the molecule is O=C(/C=C/c1cnc[nH]1)N1CCC[C@H](Cc2cccc(Nc3ccccn3)n2)C1. The molecule has 1 fully saturated rings. The molecule has 0 bridgehead atoms. The van der Waals surface area contributed by atoms with E-state index in [0.29, 0.717) is 5.92 Å². The first-order valence-electron chi connectivity index (χ1n) is 9.85. The van der Waals surface area contributed by atoms with Crippen LogP contribution in [0.4, 0.5) is 11.6 Å². The Hall–Kier alpha value is -3.48. The van der Waals surface area contributed by atoms with E-state index in [0.717, 1.165) is 55.4 Å². The van der Waals surface area contributed by atoms with Crippen molar-refractivity contribution in [2.75, 3.05) is 18.4 Å². The molecular formula is C22H24N6O. The van der Waals surface area contributed by atoms with E-state index in [1.54, 1.807) is 30.9 Å². The molecule has 0 saturated carbocycles. The highest BCUT2D eigenvalue weighted by Gasteiger charge is 2.23. The Balaban J connectivity index is 1.35. The quantitative estimate of drug-likeness (QED) is 0.632. The molecule has 1 aliphatic heterocycles. The molecule has 3 aromatic rings. The predicted octanol–water partition coefficient (Wildman–Crippen LogP) is 3.44. The zero-order valence-electron chi connectivity index (χ0n) is 16.2. The second-order valence-electron chi connectivity index (χ2n) is 7.19. The van der Waals surface area contributed by atoms with E-state index >= 15 is 0 Å². The minimum absolute atomic E-state index is 0.0443. The molecule has 29 heavy (non-hydrogen) atoms. The van der Waals surface area contributed by atoms with Crippen molar-refractivity contribution in [2.24, 2.45) is 5.92 Å². The van der Waals surface area contributed by atoms with Gasteiger partial charge >= 0.3 is 0 Å². The van der Waals surface area contributed by atoms with Crippen LogP contribution in [-0.2, 0) is 11.2 Å². The molecule has 3 aromatic heterocycles. The van der Waals surface area contributed by atoms with Crippen molar-refractivity contribution in [3.05, 3.63) is 72.6 Å². The summed E-state index contributed by atoms with van der Waals surface area (Å²) >= 11 is 0. The van der Waals surface area contributed by atoms with Crippen LogP contribution in [-0.4, -0.2) is 43.8 Å². The van der Waals surface area contributed by atoms with Crippen molar-refractivity contribution in [1.82, 2.24) is 24.8 Å². The monoisotopic (exact) mass is 388 g/mol. The van der Waals surface area contributed by atoms with E-state index in [-0.39, 0.29) is 5.91 Å². The molecule has 2 N–H and O–H groups in total. The lowest BCUT2D eigenvalue weighted by Crippen LogP contribution is -2.39. The molecule has 0 spiro atoms. The number of rotatable bonds is 6. The molecule has 1 aliphatic rings. The Morgan fingerprint density at radius 1 is 1.24 bits per heavy atom. The maximum atomic E-state index is 12.5. The van der Waals surface area contributed by atoms with Gasteiger partial charge in [0, 0.05) is 31.1 Å². The summed E-state index contributed by atoms with van der Waals surface area (Å²) in [6, 6.07) is 11.7. The van der Waals surface area contributed by atoms with Crippen LogP contribution in [0.2, 0.25) is 0 Å². The molecule has 1 saturated heterocycles. The fourth-order valence-corrected chi connectivity index (χ4v) is 3.58. The molecule has 0 aliphatic carbocycles. The highest BCUT2D eigenvalue weighted by Crippen LogP contribution is 2.22. The smallest absolute Gasteiger partial charge is 0.246 e. The Morgan fingerprint density at radius 3 is 3.00 bits per heavy atom. The van der Waals surface area contributed by atoms with Gasteiger partial charge in [0.1, 0.15) is 11.6 Å². The molecular weight excluding hydrogens is 364 g/mol. The van der Waals surface area contributed by atoms with Gasteiger partial charge in [-0.15, -0.1) is 0 Å². The number of carbonyl (C=O) groups is 1. The largest absolute Gasteiger partial charge is 0.345 e. The average molecular weight is 388 g/mol. The average Bonchev–Trinajstić information content (AvgIpc) is 3.27. The van der Waals surface area contributed by atoms with Gasteiger partial charge in [-0.1, -0.05) is 12.1 Å². The fraction of sp³-hybridized carbons (Fsp3) is 0.273. The number of nitrogens with zero attached hydrogens (tertiary/aromatic N) is 4. The van der Waals surface area contributed by atoms with Gasteiger partial charge in [-0.25, -0.2) is 15.0 Å². The third-order valence-corrected chi connectivity index (χ3v) is 4.98. The van der Waals surface area contributed by atoms with Crippen molar-refractivity contribution in [2.45, 2.75) is 19.3 Å². The molecule has 1 amide bonds.